The van der Waals surface area contributed by atoms with E-state index in [4.69, 9.17) is 0 Å². The number of amides is 1. The third-order valence-corrected chi connectivity index (χ3v) is 3.75. The first-order chi connectivity index (χ1) is 9.65. The predicted octanol–water partition coefficient (Wildman–Crippen LogP) is 2.71. The Balaban J connectivity index is 1.96. The van der Waals surface area contributed by atoms with Crippen molar-refractivity contribution >= 4 is 11.6 Å². The van der Waals surface area contributed by atoms with Gasteiger partial charge in [-0.3, -0.25) is 4.79 Å². The highest BCUT2D eigenvalue weighted by Crippen LogP contribution is 2.26. The van der Waals surface area contributed by atoms with Gasteiger partial charge in [-0.2, -0.15) is 0 Å². The zero-order chi connectivity index (χ0) is 14.1. The molecule has 3 heteroatoms. The van der Waals surface area contributed by atoms with Gasteiger partial charge in [0.05, 0.1) is 0 Å². The van der Waals surface area contributed by atoms with Gasteiger partial charge in [0.25, 0.3) is 5.91 Å². The van der Waals surface area contributed by atoms with Gasteiger partial charge in [-0.15, -0.1) is 0 Å². The third-order valence-electron chi connectivity index (χ3n) is 3.75. The van der Waals surface area contributed by atoms with E-state index < -0.39 is 0 Å². The Bertz CT molecular complexity index is 645. The standard InChI is InChI=1S/C17H18N2O/c1-19(2)15-6-3-12(4-7-15)13-5-8-16-14(11-13)9-10-18-17(16)20/h3-8,11H,9-10H2,1-2H3,(H,18,20). The molecule has 0 atom stereocenters. The Morgan fingerprint density at radius 3 is 2.40 bits per heavy atom. The van der Waals surface area contributed by atoms with Crippen LogP contribution in [0.15, 0.2) is 42.5 Å². The molecule has 0 spiro atoms. The van der Waals surface area contributed by atoms with Gasteiger partial charge in [0, 0.05) is 31.9 Å². The van der Waals surface area contributed by atoms with E-state index in [0.29, 0.717) is 0 Å². The lowest BCUT2D eigenvalue weighted by Gasteiger charge is -2.17. The Morgan fingerprint density at radius 1 is 1.00 bits per heavy atom. The summed E-state index contributed by atoms with van der Waals surface area (Å²) in [4.78, 5) is 13.8. The summed E-state index contributed by atoms with van der Waals surface area (Å²) in [6, 6.07) is 14.6. The molecule has 102 valence electrons. The molecule has 3 rings (SSSR count). The Kier molecular flexibility index (Phi) is 3.18. The number of nitrogens with one attached hydrogen (secondary N) is 1. The molecule has 0 fully saturated rings. The number of rotatable bonds is 2. The molecule has 1 N–H and O–H groups in total. The van der Waals surface area contributed by atoms with Gasteiger partial charge < -0.3 is 10.2 Å². The molecule has 1 amide bonds. The van der Waals surface area contributed by atoms with Crippen LogP contribution in [0.25, 0.3) is 11.1 Å². The smallest absolute Gasteiger partial charge is 0.251 e. The summed E-state index contributed by atoms with van der Waals surface area (Å²) in [7, 11) is 4.07. The molecule has 0 aliphatic carbocycles. The number of carbonyl (C=O) groups excluding carboxylic acids is 1. The number of benzene rings is 2. The Hall–Kier alpha value is -2.29. The second kappa shape index (κ2) is 5.00. The van der Waals surface area contributed by atoms with E-state index in [0.717, 1.165) is 24.1 Å². The van der Waals surface area contributed by atoms with Crippen molar-refractivity contribution in [2.45, 2.75) is 6.42 Å². The van der Waals surface area contributed by atoms with E-state index in [1.165, 1.54) is 16.8 Å². The maximum atomic E-state index is 11.7. The molecule has 0 radical (unpaired) electrons. The summed E-state index contributed by atoms with van der Waals surface area (Å²) in [5, 5.41) is 2.87. The first kappa shape index (κ1) is 12.7. The van der Waals surface area contributed by atoms with E-state index in [-0.39, 0.29) is 5.91 Å². The quantitative estimate of drug-likeness (QED) is 0.906. The molecule has 1 aliphatic rings. The molecule has 2 aromatic carbocycles. The monoisotopic (exact) mass is 266 g/mol. The zero-order valence-electron chi connectivity index (χ0n) is 11.8. The summed E-state index contributed by atoms with van der Waals surface area (Å²) in [6.45, 7) is 0.731. The summed E-state index contributed by atoms with van der Waals surface area (Å²) in [6.07, 6.45) is 0.907. The van der Waals surface area contributed by atoms with Crippen LogP contribution in [0.1, 0.15) is 15.9 Å². The van der Waals surface area contributed by atoms with Crippen LogP contribution in [0.4, 0.5) is 5.69 Å². The average molecular weight is 266 g/mol. The minimum Gasteiger partial charge on any atom is -0.378 e. The maximum Gasteiger partial charge on any atom is 0.251 e. The lowest BCUT2D eigenvalue weighted by atomic mass is 9.95. The van der Waals surface area contributed by atoms with E-state index in [2.05, 4.69) is 40.5 Å². The highest BCUT2D eigenvalue weighted by Gasteiger charge is 2.16. The van der Waals surface area contributed by atoms with E-state index in [1.54, 1.807) is 0 Å². The average Bonchev–Trinajstić information content (AvgIpc) is 2.47. The molecule has 1 aliphatic heterocycles. The molecule has 1 heterocycles. The fourth-order valence-corrected chi connectivity index (χ4v) is 2.56. The van der Waals surface area contributed by atoms with E-state index in [1.807, 2.05) is 26.2 Å². The molecule has 0 aromatic heterocycles. The second-order valence-electron chi connectivity index (χ2n) is 5.32. The molecule has 3 nitrogen and oxygen atoms in total. The number of anilines is 1. The first-order valence-corrected chi connectivity index (χ1v) is 6.84. The lowest BCUT2D eigenvalue weighted by molar-refractivity contribution is 0.0946. The van der Waals surface area contributed by atoms with Gasteiger partial charge >= 0.3 is 0 Å². The SMILES string of the molecule is CN(C)c1ccc(-c2ccc3c(c2)CCNC3=O)cc1. The number of fused-ring (bicyclic) bond motifs is 1. The normalized spacial score (nSPS) is 13.6. The summed E-state index contributed by atoms with van der Waals surface area (Å²) < 4.78 is 0. The van der Waals surface area contributed by atoms with E-state index >= 15 is 0 Å². The molecular weight excluding hydrogens is 248 g/mol. The van der Waals surface area contributed by atoms with Crippen molar-refractivity contribution in [3.05, 3.63) is 53.6 Å². The second-order valence-corrected chi connectivity index (χ2v) is 5.32. The van der Waals surface area contributed by atoms with Crippen LogP contribution in [0, 0.1) is 0 Å². The van der Waals surface area contributed by atoms with Crippen molar-refractivity contribution < 1.29 is 4.79 Å². The van der Waals surface area contributed by atoms with Gasteiger partial charge in [-0.25, -0.2) is 0 Å². The summed E-state index contributed by atoms with van der Waals surface area (Å²) in [5.74, 6) is 0.0424. The maximum absolute atomic E-state index is 11.7. The van der Waals surface area contributed by atoms with Crippen LogP contribution in [0.3, 0.4) is 0 Å². The largest absolute Gasteiger partial charge is 0.378 e. The van der Waals surface area contributed by atoms with Crippen LogP contribution in [-0.4, -0.2) is 26.5 Å². The van der Waals surface area contributed by atoms with Crippen molar-refractivity contribution in [1.29, 1.82) is 0 Å². The molecule has 0 saturated carbocycles. The summed E-state index contributed by atoms with van der Waals surface area (Å²) >= 11 is 0. The minimum absolute atomic E-state index is 0.0424. The van der Waals surface area contributed by atoms with Crippen LogP contribution >= 0.6 is 0 Å². The van der Waals surface area contributed by atoms with Crippen molar-refractivity contribution in [2.24, 2.45) is 0 Å². The fourth-order valence-electron chi connectivity index (χ4n) is 2.56. The first-order valence-electron chi connectivity index (χ1n) is 6.84. The van der Waals surface area contributed by atoms with Gasteiger partial charge in [-0.05, 0) is 41.3 Å². The third kappa shape index (κ3) is 2.27. The van der Waals surface area contributed by atoms with Gasteiger partial charge in [0.1, 0.15) is 0 Å². The van der Waals surface area contributed by atoms with Crippen molar-refractivity contribution in [3.63, 3.8) is 0 Å². The fraction of sp³-hybridized carbons (Fsp3) is 0.235. The highest BCUT2D eigenvalue weighted by atomic mass is 16.1. The minimum atomic E-state index is 0.0424. The van der Waals surface area contributed by atoms with E-state index in [9.17, 15) is 4.79 Å². The van der Waals surface area contributed by atoms with Gasteiger partial charge in [0.15, 0.2) is 0 Å². The topological polar surface area (TPSA) is 32.3 Å². The van der Waals surface area contributed by atoms with Gasteiger partial charge in [-0.1, -0.05) is 24.3 Å². The number of hydrogen-bond acceptors (Lipinski definition) is 2. The number of hydrogen-bond donors (Lipinski definition) is 1. The molecule has 20 heavy (non-hydrogen) atoms. The lowest BCUT2D eigenvalue weighted by Crippen LogP contribution is -2.31. The highest BCUT2D eigenvalue weighted by molar-refractivity contribution is 5.97. The molecule has 0 saturated heterocycles. The Morgan fingerprint density at radius 2 is 1.70 bits per heavy atom. The van der Waals surface area contributed by atoms with Crippen LogP contribution < -0.4 is 10.2 Å². The van der Waals surface area contributed by atoms with Crippen molar-refractivity contribution in [2.75, 3.05) is 25.5 Å². The predicted molar refractivity (Wildman–Crippen MR) is 82.2 cm³/mol. The Labute approximate surface area is 119 Å². The van der Waals surface area contributed by atoms with Crippen LogP contribution in [0.5, 0.6) is 0 Å². The molecular formula is C17H18N2O. The van der Waals surface area contributed by atoms with Crippen molar-refractivity contribution in [3.8, 4) is 11.1 Å². The number of carbonyl (C=O) groups is 1. The molecule has 2 aromatic rings. The molecule has 0 bridgehead atoms. The summed E-state index contributed by atoms with van der Waals surface area (Å²) in [5.41, 5.74) is 5.49. The van der Waals surface area contributed by atoms with Crippen LogP contribution in [-0.2, 0) is 6.42 Å². The van der Waals surface area contributed by atoms with Gasteiger partial charge in [0.2, 0.25) is 0 Å². The zero-order valence-corrected chi connectivity index (χ0v) is 11.8. The van der Waals surface area contributed by atoms with Crippen LogP contribution in [0.2, 0.25) is 0 Å². The number of nitrogens with zero attached hydrogens (tertiary/aromatic N) is 1. The molecule has 0 unspecified atom stereocenters. The van der Waals surface area contributed by atoms with Crippen molar-refractivity contribution in [1.82, 2.24) is 5.32 Å².